The lowest BCUT2D eigenvalue weighted by molar-refractivity contribution is 0.794. The minimum atomic E-state index is -0.409. The summed E-state index contributed by atoms with van der Waals surface area (Å²) >= 11 is 0. The van der Waals surface area contributed by atoms with Crippen molar-refractivity contribution in [2.75, 3.05) is 0 Å². The number of benzene rings is 8. The van der Waals surface area contributed by atoms with Crippen LogP contribution in [0.5, 0.6) is 0 Å². The molecular formula is C51H31N3. The third-order valence-electron chi connectivity index (χ3n) is 11.8. The lowest BCUT2D eigenvalue weighted by atomic mass is 9.70. The molecule has 2 aliphatic carbocycles. The Labute approximate surface area is 312 Å². The van der Waals surface area contributed by atoms with Crippen molar-refractivity contribution in [2.24, 2.45) is 0 Å². The van der Waals surface area contributed by atoms with Gasteiger partial charge in [0.25, 0.3) is 0 Å². The molecule has 0 saturated heterocycles. The van der Waals surface area contributed by atoms with Crippen molar-refractivity contribution in [1.29, 1.82) is 0 Å². The number of pyridine rings is 1. The Morgan fingerprint density at radius 2 is 1.02 bits per heavy atom. The molecule has 2 aromatic heterocycles. The van der Waals surface area contributed by atoms with Gasteiger partial charge in [-0.05, 0) is 74.8 Å². The van der Waals surface area contributed by atoms with E-state index in [1.54, 1.807) is 0 Å². The zero-order valence-corrected chi connectivity index (χ0v) is 29.2. The molecule has 0 atom stereocenters. The van der Waals surface area contributed by atoms with E-state index in [1.165, 1.54) is 55.3 Å². The molecule has 2 aliphatic rings. The van der Waals surface area contributed by atoms with Gasteiger partial charge in [-0.3, -0.25) is 4.57 Å². The van der Waals surface area contributed by atoms with E-state index in [1.807, 2.05) is 0 Å². The molecule has 1 spiro atoms. The summed E-state index contributed by atoms with van der Waals surface area (Å²) in [5.74, 6) is 0.919. The molecule has 10 aromatic rings. The fourth-order valence-corrected chi connectivity index (χ4v) is 9.70. The highest BCUT2D eigenvalue weighted by Gasteiger charge is 2.52. The summed E-state index contributed by atoms with van der Waals surface area (Å²) < 4.78 is 2.28. The quantitative estimate of drug-likeness (QED) is 0.173. The van der Waals surface area contributed by atoms with E-state index in [0.717, 1.165) is 50.3 Å². The van der Waals surface area contributed by atoms with Crippen LogP contribution in [-0.2, 0) is 5.41 Å². The predicted molar refractivity (Wildman–Crippen MR) is 221 cm³/mol. The maximum atomic E-state index is 5.46. The fraction of sp³-hybridized carbons (Fsp3) is 0.0196. The van der Waals surface area contributed by atoms with Gasteiger partial charge in [0.2, 0.25) is 0 Å². The molecule has 0 fully saturated rings. The summed E-state index contributed by atoms with van der Waals surface area (Å²) in [6.45, 7) is 0. The first-order valence-electron chi connectivity index (χ1n) is 18.6. The number of rotatable bonds is 3. The Morgan fingerprint density at radius 1 is 0.407 bits per heavy atom. The molecule has 12 rings (SSSR count). The zero-order valence-electron chi connectivity index (χ0n) is 29.2. The van der Waals surface area contributed by atoms with Gasteiger partial charge in [-0.15, -0.1) is 0 Å². The topological polar surface area (TPSA) is 30.7 Å². The van der Waals surface area contributed by atoms with Gasteiger partial charge in [0, 0.05) is 33.0 Å². The van der Waals surface area contributed by atoms with Crippen molar-refractivity contribution in [2.45, 2.75) is 5.41 Å². The molecule has 54 heavy (non-hydrogen) atoms. The molecule has 8 aromatic carbocycles. The largest absolute Gasteiger partial charge is 0.292 e. The van der Waals surface area contributed by atoms with E-state index in [-0.39, 0.29) is 0 Å². The number of aromatic nitrogens is 3. The third-order valence-corrected chi connectivity index (χ3v) is 11.8. The molecule has 0 amide bonds. The number of hydrogen-bond acceptors (Lipinski definition) is 2. The highest BCUT2D eigenvalue weighted by atomic mass is 15.1. The molecule has 0 bridgehead atoms. The predicted octanol–water partition coefficient (Wildman–Crippen LogP) is 12.4. The van der Waals surface area contributed by atoms with Crippen LogP contribution in [0.15, 0.2) is 188 Å². The van der Waals surface area contributed by atoms with Gasteiger partial charge in [0.15, 0.2) is 0 Å². The average molecular weight is 686 g/mol. The Hall–Kier alpha value is -7.10. The van der Waals surface area contributed by atoms with Crippen LogP contribution in [0.3, 0.4) is 0 Å². The second kappa shape index (κ2) is 11.0. The highest BCUT2D eigenvalue weighted by molar-refractivity contribution is 6.20. The highest BCUT2D eigenvalue weighted by Crippen LogP contribution is 2.64. The van der Waals surface area contributed by atoms with E-state index >= 15 is 0 Å². The fourth-order valence-electron chi connectivity index (χ4n) is 9.70. The van der Waals surface area contributed by atoms with E-state index in [0.29, 0.717) is 0 Å². The molecule has 0 N–H and O–H groups in total. The van der Waals surface area contributed by atoms with Crippen LogP contribution in [0, 0.1) is 0 Å². The van der Waals surface area contributed by atoms with Crippen LogP contribution in [0.1, 0.15) is 22.3 Å². The van der Waals surface area contributed by atoms with E-state index in [4.69, 9.17) is 9.97 Å². The molecule has 0 aliphatic heterocycles. The van der Waals surface area contributed by atoms with Gasteiger partial charge in [-0.25, -0.2) is 9.97 Å². The van der Waals surface area contributed by atoms with E-state index in [9.17, 15) is 0 Å². The Bertz CT molecular complexity index is 3130. The van der Waals surface area contributed by atoms with Gasteiger partial charge in [0.1, 0.15) is 5.82 Å². The monoisotopic (exact) mass is 685 g/mol. The molecule has 3 heteroatoms. The smallest absolute Gasteiger partial charge is 0.145 e. The van der Waals surface area contributed by atoms with E-state index in [2.05, 4.69) is 193 Å². The van der Waals surface area contributed by atoms with Crippen LogP contribution in [0.25, 0.3) is 83.3 Å². The number of imidazole rings is 1. The number of hydrogen-bond donors (Lipinski definition) is 0. The lowest BCUT2D eigenvalue weighted by Gasteiger charge is -2.30. The Morgan fingerprint density at radius 3 is 1.80 bits per heavy atom. The van der Waals surface area contributed by atoms with Crippen molar-refractivity contribution >= 4 is 32.7 Å². The molecule has 2 heterocycles. The summed E-state index contributed by atoms with van der Waals surface area (Å²) in [6, 6.07) is 68.2. The maximum Gasteiger partial charge on any atom is 0.145 e. The molecule has 3 nitrogen and oxygen atoms in total. The number of para-hydroxylation sites is 3. The standard InChI is InChI=1S/C51H31N3/c1-2-15-32(16-3-1)50-53-45-27-12-13-28-46(45)54(50)34-18-14-17-33(31-34)49-39-29-30-43-48(47(39)38-22-7-11-26-44(38)52-49)37-21-6-10-25-42(37)51(43)40-23-8-4-19-35(40)36-20-5-9-24-41(36)51/h1-31H. The lowest BCUT2D eigenvalue weighted by Crippen LogP contribution is -2.25. The van der Waals surface area contributed by atoms with Crippen LogP contribution in [-0.4, -0.2) is 14.5 Å². The van der Waals surface area contributed by atoms with Crippen LogP contribution < -0.4 is 0 Å². The normalized spacial score (nSPS) is 13.3. The van der Waals surface area contributed by atoms with E-state index < -0.39 is 5.41 Å². The van der Waals surface area contributed by atoms with Gasteiger partial charge >= 0.3 is 0 Å². The number of nitrogens with zero attached hydrogens (tertiary/aromatic N) is 3. The minimum Gasteiger partial charge on any atom is -0.292 e. The molecule has 0 radical (unpaired) electrons. The van der Waals surface area contributed by atoms with Crippen molar-refractivity contribution in [3.8, 4) is 50.6 Å². The molecule has 250 valence electrons. The van der Waals surface area contributed by atoms with Gasteiger partial charge in [-0.1, -0.05) is 158 Å². The third kappa shape index (κ3) is 3.80. The van der Waals surface area contributed by atoms with Gasteiger partial charge < -0.3 is 0 Å². The maximum absolute atomic E-state index is 5.46. The van der Waals surface area contributed by atoms with Crippen LogP contribution in [0.2, 0.25) is 0 Å². The summed E-state index contributed by atoms with van der Waals surface area (Å²) in [4.78, 5) is 10.6. The zero-order chi connectivity index (χ0) is 35.4. The summed E-state index contributed by atoms with van der Waals surface area (Å²) in [6.07, 6.45) is 0. The first kappa shape index (κ1) is 29.5. The molecular weight excluding hydrogens is 655 g/mol. The molecule has 0 saturated carbocycles. The minimum absolute atomic E-state index is 0.409. The van der Waals surface area contributed by atoms with Crippen molar-refractivity contribution < 1.29 is 0 Å². The molecule has 0 unspecified atom stereocenters. The number of fused-ring (bicyclic) bond motifs is 15. The SMILES string of the molecule is c1ccc(-c2nc3ccccc3n2-c2cccc(-c3nc4ccccc4c4c5c(ccc34)C3(c4ccccc4-c4ccccc43)c3ccccc3-5)c2)cc1. The van der Waals surface area contributed by atoms with Crippen molar-refractivity contribution in [3.63, 3.8) is 0 Å². The summed E-state index contributed by atoms with van der Waals surface area (Å²) in [7, 11) is 0. The Kier molecular flexibility index (Phi) is 5.98. The van der Waals surface area contributed by atoms with Gasteiger partial charge in [-0.2, -0.15) is 0 Å². The van der Waals surface area contributed by atoms with Crippen molar-refractivity contribution in [3.05, 3.63) is 210 Å². The van der Waals surface area contributed by atoms with Crippen molar-refractivity contribution in [1.82, 2.24) is 14.5 Å². The first-order chi connectivity index (χ1) is 26.8. The first-order valence-corrected chi connectivity index (χ1v) is 18.6. The van der Waals surface area contributed by atoms with Gasteiger partial charge in [0.05, 0.1) is 27.7 Å². The average Bonchev–Trinajstić information content (AvgIpc) is 3.88. The van der Waals surface area contributed by atoms with Crippen LogP contribution >= 0.6 is 0 Å². The second-order valence-corrected chi connectivity index (χ2v) is 14.5. The second-order valence-electron chi connectivity index (χ2n) is 14.5. The summed E-state index contributed by atoms with van der Waals surface area (Å²) in [5, 5.41) is 3.57. The van der Waals surface area contributed by atoms with Crippen LogP contribution in [0.4, 0.5) is 0 Å². The Balaban J connectivity index is 1.16. The summed E-state index contributed by atoms with van der Waals surface area (Å²) in [5.41, 5.74) is 17.4.